The van der Waals surface area contributed by atoms with Gasteiger partial charge in [-0.1, -0.05) is 19.3 Å². The number of carbonyl (C=O) groups is 1. The lowest BCUT2D eigenvalue weighted by atomic mass is 9.74. The molecule has 0 amide bonds. The highest BCUT2D eigenvalue weighted by molar-refractivity contribution is 5.78. The Hall–Kier alpha value is -0.570. The summed E-state index contributed by atoms with van der Waals surface area (Å²) in [6.45, 7) is 1.82. The number of hydrogen-bond donors (Lipinski definition) is 1. The van der Waals surface area contributed by atoms with Crippen molar-refractivity contribution >= 4 is 5.97 Å². The van der Waals surface area contributed by atoms with Gasteiger partial charge in [0.1, 0.15) is 0 Å². The highest BCUT2D eigenvalue weighted by Crippen LogP contribution is 2.43. The molecule has 0 unspecified atom stereocenters. The Morgan fingerprint density at radius 1 is 1.43 bits per heavy atom. The normalized spacial score (nSPS) is 37.4. The van der Waals surface area contributed by atoms with E-state index in [-0.39, 0.29) is 11.4 Å². The molecular formula is C11H19NO2. The lowest BCUT2D eigenvalue weighted by Gasteiger charge is -2.29. The molecule has 2 atom stereocenters. The number of methoxy groups -OCH3 is 1. The standard InChI is InChI=1S/C11H19NO2/c1-14-10(13)11-6-4-2-3-5-9(11)7-12-8-11/h9,12H,2-8H2,1H3/t9-,11-/m1/s1. The molecule has 2 aliphatic rings. The number of fused-ring (bicyclic) bond motifs is 1. The number of hydrogen-bond acceptors (Lipinski definition) is 3. The second-order valence-corrected chi connectivity index (χ2v) is 4.57. The molecule has 0 aromatic carbocycles. The summed E-state index contributed by atoms with van der Waals surface area (Å²) < 4.78 is 4.97. The lowest BCUT2D eigenvalue weighted by Crippen LogP contribution is -2.39. The summed E-state index contributed by atoms with van der Waals surface area (Å²) in [5, 5.41) is 3.35. The average molecular weight is 197 g/mol. The molecule has 0 radical (unpaired) electrons. The number of rotatable bonds is 1. The molecule has 3 heteroatoms. The number of carbonyl (C=O) groups excluding carboxylic acids is 1. The zero-order valence-electron chi connectivity index (χ0n) is 8.84. The van der Waals surface area contributed by atoms with Crippen LogP contribution in [-0.4, -0.2) is 26.2 Å². The maximum Gasteiger partial charge on any atom is 0.313 e. The summed E-state index contributed by atoms with van der Waals surface area (Å²) in [5.41, 5.74) is -0.189. The van der Waals surface area contributed by atoms with Crippen LogP contribution >= 0.6 is 0 Å². The molecule has 1 N–H and O–H groups in total. The van der Waals surface area contributed by atoms with E-state index in [1.165, 1.54) is 32.8 Å². The highest BCUT2D eigenvalue weighted by atomic mass is 16.5. The van der Waals surface area contributed by atoms with Gasteiger partial charge in [0.05, 0.1) is 12.5 Å². The van der Waals surface area contributed by atoms with Crippen molar-refractivity contribution in [1.82, 2.24) is 5.32 Å². The second kappa shape index (κ2) is 3.89. The molecule has 1 aliphatic heterocycles. The third-order valence-corrected chi connectivity index (χ3v) is 3.88. The zero-order chi connectivity index (χ0) is 10.0. The summed E-state index contributed by atoms with van der Waals surface area (Å²) >= 11 is 0. The van der Waals surface area contributed by atoms with Gasteiger partial charge in [0.15, 0.2) is 0 Å². The predicted molar refractivity (Wildman–Crippen MR) is 53.9 cm³/mol. The lowest BCUT2D eigenvalue weighted by molar-refractivity contribution is -0.154. The summed E-state index contributed by atoms with van der Waals surface area (Å²) in [5.74, 6) is 0.520. The maximum absolute atomic E-state index is 11.9. The Morgan fingerprint density at radius 2 is 2.29 bits per heavy atom. The van der Waals surface area contributed by atoms with E-state index in [0.29, 0.717) is 5.92 Å². The number of nitrogens with one attached hydrogen (secondary N) is 1. The topological polar surface area (TPSA) is 38.3 Å². The minimum absolute atomic E-state index is 0.00870. The Kier molecular flexibility index (Phi) is 2.77. The van der Waals surface area contributed by atoms with E-state index in [1.807, 2.05) is 0 Å². The predicted octanol–water partition coefficient (Wildman–Crippen LogP) is 1.33. The van der Waals surface area contributed by atoms with Gasteiger partial charge in [0, 0.05) is 6.54 Å². The third kappa shape index (κ3) is 1.44. The fourth-order valence-corrected chi connectivity index (χ4v) is 3.03. The van der Waals surface area contributed by atoms with Crippen LogP contribution in [0.25, 0.3) is 0 Å². The monoisotopic (exact) mass is 197 g/mol. The van der Waals surface area contributed by atoms with Crippen molar-refractivity contribution < 1.29 is 9.53 Å². The maximum atomic E-state index is 11.9. The van der Waals surface area contributed by atoms with Crippen molar-refractivity contribution in [2.45, 2.75) is 32.1 Å². The fraction of sp³-hybridized carbons (Fsp3) is 0.909. The summed E-state index contributed by atoms with van der Waals surface area (Å²) in [4.78, 5) is 11.9. The number of ether oxygens (including phenoxy) is 1. The number of esters is 1. The minimum Gasteiger partial charge on any atom is -0.469 e. The van der Waals surface area contributed by atoms with E-state index >= 15 is 0 Å². The van der Waals surface area contributed by atoms with Gasteiger partial charge in [-0.3, -0.25) is 4.79 Å². The van der Waals surface area contributed by atoms with Crippen LogP contribution in [0.3, 0.4) is 0 Å². The van der Waals surface area contributed by atoms with Crippen LogP contribution in [0, 0.1) is 11.3 Å². The van der Waals surface area contributed by atoms with Crippen LogP contribution in [0.5, 0.6) is 0 Å². The Bertz CT molecular complexity index is 229. The Balaban J connectivity index is 2.21. The zero-order valence-corrected chi connectivity index (χ0v) is 8.84. The molecule has 14 heavy (non-hydrogen) atoms. The van der Waals surface area contributed by atoms with Crippen molar-refractivity contribution in [3.05, 3.63) is 0 Å². The molecular weight excluding hydrogens is 178 g/mol. The van der Waals surface area contributed by atoms with Crippen molar-refractivity contribution in [3.63, 3.8) is 0 Å². The molecule has 0 bridgehead atoms. The molecule has 2 fully saturated rings. The van der Waals surface area contributed by atoms with Crippen LogP contribution in [0.4, 0.5) is 0 Å². The van der Waals surface area contributed by atoms with E-state index in [1.54, 1.807) is 0 Å². The first-order valence-corrected chi connectivity index (χ1v) is 5.59. The Labute approximate surface area is 85.2 Å². The largest absolute Gasteiger partial charge is 0.469 e. The quantitative estimate of drug-likeness (QED) is 0.644. The summed E-state index contributed by atoms with van der Waals surface area (Å²) in [6, 6.07) is 0. The minimum atomic E-state index is -0.189. The van der Waals surface area contributed by atoms with Gasteiger partial charge in [-0.25, -0.2) is 0 Å². The molecule has 0 spiro atoms. The molecule has 1 saturated carbocycles. The van der Waals surface area contributed by atoms with E-state index in [2.05, 4.69) is 5.32 Å². The molecule has 2 rings (SSSR count). The molecule has 3 nitrogen and oxygen atoms in total. The van der Waals surface area contributed by atoms with Crippen molar-refractivity contribution in [2.24, 2.45) is 11.3 Å². The van der Waals surface area contributed by atoms with Crippen molar-refractivity contribution in [2.75, 3.05) is 20.2 Å². The van der Waals surface area contributed by atoms with Crippen molar-refractivity contribution in [1.29, 1.82) is 0 Å². The first-order valence-electron chi connectivity index (χ1n) is 5.59. The van der Waals surface area contributed by atoms with Crippen LogP contribution < -0.4 is 5.32 Å². The van der Waals surface area contributed by atoms with Crippen molar-refractivity contribution in [3.8, 4) is 0 Å². The van der Waals surface area contributed by atoms with Gasteiger partial charge in [-0.05, 0) is 25.3 Å². The molecule has 80 valence electrons. The van der Waals surface area contributed by atoms with Gasteiger partial charge >= 0.3 is 5.97 Å². The third-order valence-electron chi connectivity index (χ3n) is 3.88. The van der Waals surface area contributed by atoms with E-state index in [9.17, 15) is 4.79 Å². The average Bonchev–Trinajstić information content (AvgIpc) is 2.51. The SMILES string of the molecule is COC(=O)[C@@]12CCCCC[C@@H]1CNC2. The fourth-order valence-electron chi connectivity index (χ4n) is 3.03. The smallest absolute Gasteiger partial charge is 0.313 e. The van der Waals surface area contributed by atoms with Gasteiger partial charge in [-0.2, -0.15) is 0 Å². The van der Waals surface area contributed by atoms with Crippen LogP contribution in [0.15, 0.2) is 0 Å². The first-order chi connectivity index (χ1) is 6.79. The highest BCUT2D eigenvalue weighted by Gasteiger charge is 2.49. The molecule has 1 aliphatic carbocycles. The van der Waals surface area contributed by atoms with Crippen LogP contribution in [-0.2, 0) is 9.53 Å². The summed E-state index contributed by atoms with van der Waals surface area (Å²) in [7, 11) is 1.51. The second-order valence-electron chi connectivity index (χ2n) is 4.57. The van der Waals surface area contributed by atoms with Gasteiger partial charge in [0.25, 0.3) is 0 Å². The Morgan fingerprint density at radius 3 is 3.07 bits per heavy atom. The molecule has 1 heterocycles. The molecule has 0 aromatic heterocycles. The van der Waals surface area contributed by atoms with E-state index in [4.69, 9.17) is 4.74 Å². The summed E-state index contributed by atoms with van der Waals surface area (Å²) in [6.07, 6.45) is 5.91. The van der Waals surface area contributed by atoms with E-state index < -0.39 is 0 Å². The van der Waals surface area contributed by atoms with E-state index in [0.717, 1.165) is 19.5 Å². The molecule has 1 saturated heterocycles. The van der Waals surface area contributed by atoms with Gasteiger partial charge < -0.3 is 10.1 Å². The van der Waals surface area contributed by atoms with Crippen LogP contribution in [0.1, 0.15) is 32.1 Å². The molecule has 0 aromatic rings. The first kappa shape index (κ1) is 9.97. The van der Waals surface area contributed by atoms with Crippen LogP contribution in [0.2, 0.25) is 0 Å². The van der Waals surface area contributed by atoms with Gasteiger partial charge in [0.2, 0.25) is 0 Å². The van der Waals surface area contributed by atoms with Gasteiger partial charge in [-0.15, -0.1) is 0 Å².